The molecule has 0 aliphatic rings. The average Bonchev–Trinajstić information content (AvgIpc) is 2.80. The highest BCUT2D eigenvalue weighted by Crippen LogP contribution is 2.32. The van der Waals surface area contributed by atoms with Crippen LogP contribution in [0.1, 0.15) is 5.56 Å². The summed E-state index contributed by atoms with van der Waals surface area (Å²) in [4.78, 5) is 0.610. The van der Waals surface area contributed by atoms with Gasteiger partial charge in [-0.3, -0.25) is 0 Å². The van der Waals surface area contributed by atoms with Gasteiger partial charge in [0.2, 0.25) is 0 Å². The molecule has 0 atom stereocenters. The van der Waals surface area contributed by atoms with Crippen molar-refractivity contribution in [2.24, 2.45) is 0 Å². The van der Waals surface area contributed by atoms with Gasteiger partial charge in [-0.2, -0.15) is 13.2 Å². The first kappa shape index (κ1) is 15.7. The molecule has 0 spiro atoms. The number of alkyl halides is 3. The molecule has 0 fully saturated rings. The third-order valence-corrected chi connectivity index (χ3v) is 5.08. The highest BCUT2D eigenvalue weighted by molar-refractivity contribution is 9.11. The first-order valence-electron chi connectivity index (χ1n) is 5.69. The lowest BCUT2D eigenvalue weighted by molar-refractivity contribution is -0.105. The fourth-order valence-corrected chi connectivity index (χ4v) is 3.53. The van der Waals surface area contributed by atoms with Crippen LogP contribution in [-0.4, -0.2) is 11.9 Å². The molecule has 20 heavy (non-hydrogen) atoms. The molecular weight excluding hydrogens is 371 g/mol. The first-order valence-corrected chi connectivity index (χ1v) is 8.35. The van der Waals surface area contributed by atoms with Crippen LogP contribution in [-0.2, 0) is 6.54 Å². The second-order valence-electron chi connectivity index (χ2n) is 4.01. The van der Waals surface area contributed by atoms with Crippen molar-refractivity contribution in [2.45, 2.75) is 17.6 Å². The van der Waals surface area contributed by atoms with Crippen LogP contribution in [0.3, 0.4) is 0 Å². The summed E-state index contributed by atoms with van der Waals surface area (Å²) in [6.45, 7) is 0.589. The number of hydrogen-bond donors (Lipinski definition) is 1. The zero-order valence-corrected chi connectivity index (χ0v) is 13.4. The summed E-state index contributed by atoms with van der Waals surface area (Å²) in [5.41, 5.74) is 1.82. The fraction of sp³-hybridized carbons (Fsp3) is 0.231. The van der Waals surface area contributed by atoms with E-state index in [0.717, 1.165) is 26.8 Å². The van der Waals surface area contributed by atoms with Crippen molar-refractivity contribution in [1.29, 1.82) is 0 Å². The summed E-state index contributed by atoms with van der Waals surface area (Å²) in [6, 6.07) is 9.03. The van der Waals surface area contributed by atoms with Crippen molar-refractivity contribution in [2.75, 3.05) is 11.1 Å². The SMILES string of the molecule is FC(F)(F)CSc1ccccc1NCc1csc(Br)c1. The van der Waals surface area contributed by atoms with Gasteiger partial charge in [-0.15, -0.1) is 23.1 Å². The highest BCUT2D eigenvalue weighted by atomic mass is 79.9. The van der Waals surface area contributed by atoms with Crippen molar-refractivity contribution in [3.63, 3.8) is 0 Å². The van der Waals surface area contributed by atoms with Gasteiger partial charge in [0, 0.05) is 17.1 Å². The number of halogens is 4. The molecule has 0 bridgehead atoms. The first-order chi connectivity index (χ1) is 9.44. The Morgan fingerprint density at radius 1 is 1.25 bits per heavy atom. The Balaban J connectivity index is 2.00. The van der Waals surface area contributed by atoms with Crippen molar-refractivity contribution < 1.29 is 13.2 Å². The van der Waals surface area contributed by atoms with E-state index >= 15 is 0 Å². The van der Waals surface area contributed by atoms with E-state index in [1.165, 1.54) is 0 Å². The quantitative estimate of drug-likeness (QED) is 0.659. The maximum atomic E-state index is 12.3. The second kappa shape index (κ2) is 6.87. The van der Waals surface area contributed by atoms with E-state index in [4.69, 9.17) is 0 Å². The van der Waals surface area contributed by atoms with Crippen LogP contribution in [0.2, 0.25) is 0 Å². The van der Waals surface area contributed by atoms with Crippen LogP contribution in [0.5, 0.6) is 0 Å². The minimum atomic E-state index is -4.16. The molecule has 0 saturated heterocycles. The van der Waals surface area contributed by atoms with Gasteiger partial charge in [0.1, 0.15) is 0 Å². The van der Waals surface area contributed by atoms with Crippen LogP contribution in [0.15, 0.2) is 44.4 Å². The van der Waals surface area contributed by atoms with E-state index in [9.17, 15) is 13.2 Å². The van der Waals surface area contributed by atoms with Gasteiger partial charge in [0.15, 0.2) is 0 Å². The molecule has 0 aliphatic carbocycles. The molecule has 2 rings (SSSR count). The summed E-state index contributed by atoms with van der Waals surface area (Å²) >= 11 is 5.76. The van der Waals surface area contributed by atoms with E-state index in [0.29, 0.717) is 11.4 Å². The van der Waals surface area contributed by atoms with E-state index in [1.54, 1.807) is 29.5 Å². The maximum Gasteiger partial charge on any atom is 0.398 e. The summed E-state index contributed by atoms with van der Waals surface area (Å²) in [5, 5.41) is 5.18. The molecule has 1 aromatic carbocycles. The third kappa shape index (κ3) is 5.03. The molecule has 108 valence electrons. The predicted octanol–water partition coefficient (Wildman–Crippen LogP) is 5.78. The van der Waals surface area contributed by atoms with Gasteiger partial charge in [0.05, 0.1) is 9.54 Å². The Labute approximate surface area is 131 Å². The van der Waals surface area contributed by atoms with E-state index in [1.807, 2.05) is 17.5 Å². The molecule has 7 heteroatoms. The second-order valence-corrected chi connectivity index (χ2v) is 7.32. The molecule has 2 aromatic rings. The van der Waals surface area contributed by atoms with E-state index < -0.39 is 11.9 Å². The van der Waals surface area contributed by atoms with Crippen LogP contribution in [0.25, 0.3) is 0 Å². The van der Waals surface area contributed by atoms with Gasteiger partial charge >= 0.3 is 6.18 Å². The van der Waals surface area contributed by atoms with Gasteiger partial charge in [-0.25, -0.2) is 0 Å². The van der Waals surface area contributed by atoms with Crippen LogP contribution in [0, 0.1) is 0 Å². The molecule has 0 unspecified atom stereocenters. The Morgan fingerprint density at radius 2 is 2.00 bits per heavy atom. The summed E-state index contributed by atoms with van der Waals surface area (Å²) in [5.74, 6) is -0.879. The fourth-order valence-electron chi connectivity index (χ4n) is 1.53. The lowest BCUT2D eigenvalue weighted by Gasteiger charge is -2.12. The third-order valence-electron chi connectivity index (χ3n) is 2.38. The normalized spacial score (nSPS) is 11.6. The lowest BCUT2D eigenvalue weighted by Crippen LogP contribution is -2.11. The van der Waals surface area contributed by atoms with Gasteiger partial charge in [-0.1, -0.05) is 12.1 Å². The van der Waals surface area contributed by atoms with Crippen LogP contribution < -0.4 is 5.32 Å². The Bertz CT molecular complexity index is 569. The molecular formula is C13H11BrF3NS2. The molecule has 0 aliphatic heterocycles. The number of thioether (sulfide) groups is 1. The Hall–Kier alpha value is -0.660. The van der Waals surface area contributed by atoms with E-state index in [2.05, 4.69) is 21.2 Å². The lowest BCUT2D eigenvalue weighted by atomic mass is 10.3. The molecule has 1 aromatic heterocycles. The number of nitrogens with one attached hydrogen (secondary N) is 1. The predicted molar refractivity (Wildman–Crippen MR) is 82.6 cm³/mol. The number of rotatable bonds is 5. The zero-order valence-electron chi connectivity index (χ0n) is 10.2. The summed E-state index contributed by atoms with van der Waals surface area (Å²) in [7, 11) is 0. The molecule has 0 amide bonds. The van der Waals surface area contributed by atoms with Crippen molar-refractivity contribution in [1.82, 2.24) is 0 Å². The van der Waals surface area contributed by atoms with Gasteiger partial charge in [0.25, 0.3) is 0 Å². The number of hydrogen-bond acceptors (Lipinski definition) is 3. The number of benzene rings is 1. The highest BCUT2D eigenvalue weighted by Gasteiger charge is 2.27. The van der Waals surface area contributed by atoms with Crippen LogP contribution in [0.4, 0.5) is 18.9 Å². The standard InChI is InChI=1S/C13H11BrF3NS2/c14-12-5-9(7-19-12)6-18-10-3-1-2-4-11(10)20-8-13(15,16)17/h1-5,7,18H,6,8H2. The molecule has 1 N–H and O–H groups in total. The topological polar surface area (TPSA) is 12.0 Å². The van der Waals surface area contributed by atoms with Crippen LogP contribution >= 0.6 is 39.0 Å². The average molecular weight is 382 g/mol. The number of anilines is 1. The van der Waals surface area contributed by atoms with Crippen molar-refractivity contribution in [3.8, 4) is 0 Å². The molecule has 1 heterocycles. The number of thiophene rings is 1. The number of para-hydroxylation sites is 1. The largest absolute Gasteiger partial charge is 0.398 e. The zero-order chi connectivity index (χ0) is 14.6. The summed E-state index contributed by atoms with van der Waals surface area (Å²) < 4.78 is 37.9. The minimum absolute atomic E-state index is 0.589. The van der Waals surface area contributed by atoms with Gasteiger partial charge < -0.3 is 5.32 Å². The maximum absolute atomic E-state index is 12.3. The molecule has 1 nitrogen and oxygen atoms in total. The van der Waals surface area contributed by atoms with E-state index in [-0.39, 0.29) is 0 Å². The monoisotopic (exact) mass is 381 g/mol. The Morgan fingerprint density at radius 3 is 2.65 bits per heavy atom. The van der Waals surface area contributed by atoms with Crippen molar-refractivity contribution >= 4 is 44.7 Å². The van der Waals surface area contributed by atoms with Crippen molar-refractivity contribution in [3.05, 3.63) is 45.1 Å². The molecule has 0 radical (unpaired) electrons. The van der Waals surface area contributed by atoms with Gasteiger partial charge in [-0.05, 0) is 45.1 Å². The summed E-state index contributed by atoms with van der Waals surface area (Å²) in [6.07, 6.45) is -4.16. The molecule has 0 saturated carbocycles. The smallest absolute Gasteiger partial charge is 0.380 e. The minimum Gasteiger partial charge on any atom is -0.380 e. The Kier molecular flexibility index (Phi) is 5.40.